The lowest BCUT2D eigenvalue weighted by atomic mass is 10.1. The minimum absolute atomic E-state index is 0.0737. The highest BCUT2D eigenvalue weighted by molar-refractivity contribution is 5.94. The van der Waals surface area contributed by atoms with Crippen LogP contribution < -0.4 is 4.74 Å². The van der Waals surface area contributed by atoms with Gasteiger partial charge >= 0.3 is 0 Å². The van der Waals surface area contributed by atoms with Crippen LogP contribution in [0.15, 0.2) is 73.1 Å². The van der Waals surface area contributed by atoms with Crippen molar-refractivity contribution < 1.29 is 9.53 Å². The van der Waals surface area contributed by atoms with Crippen LogP contribution in [0.3, 0.4) is 0 Å². The first-order chi connectivity index (χ1) is 15.2. The third-order valence-corrected chi connectivity index (χ3v) is 5.74. The van der Waals surface area contributed by atoms with Gasteiger partial charge in [-0.2, -0.15) is 0 Å². The number of benzene rings is 2. The molecule has 160 valence electrons. The number of aromatic nitrogens is 1. The molecule has 5 heteroatoms. The third-order valence-electron chi connectivity index (χ3n) is 5.74. The highest BCUT2D eigenvalue weighted by Crippen LogP contribution is 2.18. The minimum Gasteiger partial charge on any atom is -0.489 e. The molecule has 2 heterocycles. The van der Waals surface area contributed by atoms with Crippen LogP contribution in [0.5, 0.6) is 5.75 Å². The Bertz CT molecular complexity index is 1010. The molecular formula is C26H29N3O2. The van der Waals surface area contributed by atoms with E-state index in [-0.39, 0.29) is 5.91 Å². The van der Waals surface area contributed by atoms with Crippen molar-refractivity contribution in [3.05, 3.63) is 95.3 Å². The number of rotatable bonds is 6. The maximum absolute atomic E-state index is 13.1. The molecule has 0 saturated carbocycles. The molecule has 0 unspecified atom stereocenters. The summed E-state index contributed by atoms with van der Waals surface area (Å²) in [5.41, 5.74) is 4.36. The number of carbonyl (C=O) groups is 1. The normalized spacial score (nSPS) is 14.8. The Morgan fingerprint density at radius 1 is 1.00 bits per heavy atom. The molecule has 5 nitrogen and oxygen atoms in total. The molecule has 2 aromatic carbocycles. The summed E-state index contributed by atoms with van der Waals surface area (Å²) < 4.78 is 5.87. The van der Waals surface area contributed by atoms with E-state index in [1.54, 1.807) is 12.4 Å². The molecule has 1 aliphatic rings. The maximum atomic E-state index is 13.1. The molecule has 3 aromatic rings. The summed E-state index contributed by atoms with van der Waals surface area (Å²) in [4.78, 5) is 21.7. The molecule has 1 amide bonds. The van der Waals surface area contributed by atoms with E-state index in [0.717, 1.165) is 44.7 Å². The Balaban J connectivity index is 1.35. The van der Waals surface area contributed by atoms with Crippen LogP contribution in [0, 0.1) is 6.92 Å². The van der Waals surface area contributed by atoms with Crippen LogP contribution >= 0.6 is 0 Å². The SMILES string of the molecule is Cc1ccccc1CN1CCCN(C(=O)c2cccc(OCc3cccnc3)c2)CC1. The van der Waals surface area contributed by atoms with Gasteiger partial charge in [0.05, 0.1) is 0 Å². The second-order valence-corrected chi connectivity index (χ2v) is 8.03. The quantitative estimate of drug-likeness (QED) is 0.602. The van der Waals surface area contributed by atoms with Crippen molar-refractivity contribution in [1.29, 1.82) is 0 Å². The molecule has 31 heavy (non-hydrogen) atoms. The topological polar surface area (TPSA) is 45.7 Å². The second-order valence-electron chi connectivity index (χ2n) is 8.03. The molecule has 4 rings (SSSR count). The number of pyridine rings is 1. The Kier molecular flexibility index (Phi) is 6.95. The van der Waals surface area contributed by atoms with E-state index in [0.29, 0.717) is 17.9 Å². The van der Waals surface area contributed by atoms with Crippen LogP contribution in [0.4, 0.5) is 0 Å². The van der Waals surface area contributed by atoms with Crippen molar-refractivity contribution in [3.8, 4) is 5.75 Å². The lowest BCUT2D eigenvalue weighted by Gasteiger charge is -2.23. The van der Waals surface area contributed by atoms with Gasteiger partial charge in [0, 0.05) is 56.2 Å². The standard InChI is InChI=1S/C26H29N3O2/c1-21-7-2-3-9-24(21)19-28-13-6-14-29(16-15-28)26(30)23-10-4-11-25(17-23)31-20-22-8-5-12-27-18-22/h2-5,7-12,17-18H,6,13-16,19-20H2,1H3. The molecular weight excluding hydrogens is 386 g/mol. The Labute approximate surface area is 184 Å². The van der Waals surface area contributed by atoms with Gasteiger partial charge in [0.25, 0.3) is 5.91 Å². The van der Waals surface area contributed by atoms with Crippen LogP contribution in [-0.4, -0.2) is 46.9 Å². The molecule has 0 spiro atoms. The molecule has 0 bridgehead atoms. The van der Waals surface area contributed by atoms with Crippen LogP contribution in [0.25, 0.3) is 0 Å². The highest BCUT2D eigenvalue weighted by atomic mass is 16.5. The lowest BCUT2D eigenvalue weighted by Crippen LogP contribution is -2.35. The number of aryl methyl sites for hydroxylation is 1. The van der Waals surface area contributed by atoms with Crippen molar-refractivity contribution in [2.24, 2.45) is 0 Å². The van der Waals surface area contributed by atoms with Gasteiger partial charge in [0.1, 0.15) is 12.4 Å². The molecule has 0 aliphatic carbocycles. The van der Waals surface area contributed by atoms with Gasteiger partial charge in [0.15, 0.2) is 0 Å². The van der Waals surface area contributed by atoms with Crippen molar-refractivity contribution in [2.45, 2.75) is 26.5 Å². The summed E-state index contributed by atoms with van der Waals surface area (Å²) in [5.74, 6) is 0.773. The van der Waals surface area contributed by atoms with Gasteiger partial charge in [-0.1, -0.05) is 36.4 Å². The summed E-state index contributed by atoms with van der Waals surface area (Å²) in [6.45, 7) is 6.95. The van der Waals surface area contributed by atoms with Gasteiger partial charge in [-0.05, 0) is 48.7 Å². The number of ether oxygens (including phenoxy) is 1. The van der Waals surface area contributed by atoms with Crippen molar-refractivity contribution in [3.63, 3.8) is 0 Å². The number of nitrogens with zero attached hydrogens (tertiary/aromatic N) is 3. The van der Waals surface area contributed by atoms with E-state index >= 15 is 0 Å². The Hall–Kier alpha value is -3.18. The van der Waals surface area contributed by atoms with Crippen LogP contribution in [-0.2, 0) is 13.2 Å². The van der Waals surface area contributed by atoms with Gasteiger partial charge in [-0.25, -0.2) is 0 Å². The molecule has 0 radical (unpaired) electrons. The number of hydrogen-bond donors (Lipinski definition) is 0. The van der Waals surface area contributed by atoms with Crippen molar-refractivity contribution in [2.75, 3.05) is 26.2 Å². The second kappa shape index (κ2) is 10.2. The Morgan fingerprint density at radius 3 is 2.74 bits per heavy atom. The van der Waals surface area contributed by atoms with Crippen LogP contribution in [0.1, 0.15) is 33.5 Å². The highest BCUT2D eigenvalue weighted by Gasteiger charge is 2.21. The van der Waals surface area contributed by atoms with E-state index in [1.165, 1.54) is 11.1 Å². The zero-order valence-electron chi connectivity index (χ0n) is 18.0. The molecule has 1 aliphatic heterocycles. The Morgan fingerprint density at radius 2 is 1.90 bits per heavy atom. The fraction of sp³-hybridized carbons (Fsp3) is 0.308. The first-order valence-electron chi connectivity index (χ1n) is 10.9. The van der Waals surface area contributed by atoms with Gasteiger partial charge < -0.3 is 9.64 Å². The average molecular weight is 416 g/mol. The number of amides is 1. The molecule has 1 saturated heterocycles. The smallest absolute Gasteiger partial charge is 0.254 e. The van der Waals surface area contributed by atoms with E-state index in [9.17, 15) is 4.79 Å². The zero-order valence-corrected chi connectivity index (χ0v) is 18.0. The van der Waals surface area contributed by atoms with Crippen LogP contribution in [0.2, 0.25) is 0 Å². The van der Waals surface area contributed by atoms with Gasteiger partial charge in [-0.15, -0.1) is 0 Å². The first-order valence-corrected chi connectivity index (χ1v) is 10.9. The summed E-state index contributed by atoms with van der Waals surface area (Å²) in [7, 11) is 0. The van der Waals surface area contributed by atoms with E-state index in [4.69, 9.17) is 4.74 Å². The monoisotopic (exact) mass is 415 g/mol. The van der Waals surface area contributed by atoms with E-state index < -0.39 is 0 Å². The lowest BCUT2D eigenvalue weighted by molar-refractivity contribution is 0.0760. The summed E-state index contributed by atoms with van der Waals surface area (Å²) in [6, 6.07) is 19.9. The maximum Gasteiger partial charge on any atom is 0.254 e. The predicted octanol–water partition coefficient (Wildman–Crippen LogP) is 4.32. The number of hydrogen-bond acceptors (Lipinski definition) is 4. The average Bonchev–Trinajstić information content (AvgIpc) is 3.05. The third kappa shape index (κ3) is 5.70. The van der Waals surface area contributed by atoms with Crippen molar-refractivity contribution >= 4 is 5.91 Å². The van der Waals surface area contributed by atoms with E-state index in [1.807, 2.05) is 41.3 Å². The van der Waals surface area contributed by atoms with Gasteiger partial charge in [0.2, 0.25) is 0 Å². The summed E-state index contributed by atoms with van der Waals surface area (Å²) >= 11 is 0. The molecule has 1 aromatic heterocycles. The fourth-order valence-electron chi connectivity index (χ4n) is 3.91. The first kappa shape index (κ1) is 21.1. The predicted molar refractivity (Wildman–Crippen MR) is 122 cm³/mol. The molecule has 1 fully saturated rings. The van der Waals surface area contributed by atoms with E-state index in [2.05, 4.69) is 41.1 Å². The number of carbonyl (C=O) groups excluding carboxylic acids is 1. The zero-order chi connectivity index (χ0) is 21.5. The van der Waals surface area contributed by atoms with Crippen molar-refractivity contribution in [1.82, 2.24) is 14.8 Å². The summed E-state index contributed by atoms with van der Waals surface area (Å²) in [6.07, 6.45) is 4.51. The largest absolute Gasteiger partial charge is 0.489 e. The van der Waals surface area contributed by atoms with Gasteiger partial charge in [-0.3, -0.25) is 14.7 Å². The minimum atomic E-state index is 0.0737. The molecule has 0 atom stereocenters. The molecule has 0 N–H and O–H groups in total. The fourth-order valence-corrected chi connectivity index (χ4v) is 3.91. The summed E-state index contributed by atoms with van der Waals surface area (Å²) in [5, 5.41) is 0.